The minimum Gasteiger partial charge on any atom is -0.466 e. The van der Waals surface area contributed by atoms with Crippen molar-refractivity contribution in [3.8, 4) is 0 Å². The van der Waals surface area contributed by atoms with Crippen LogP contribution in [0.1, 0.15) is 17.3 Å². The van der Waals surface area contributed by atoms with E-state index in [1.165, 1.54) is 31.2 Å². The van der Waals surface area contributed by atoms with Crippen LogP contribution < -0.4 is 5.73 Å². The van der Waals surface area contributed by atoms with Crippen LogP contribution in [-0.2, 0) is 19.1 Å². The molecular weight excluding hydrogens is 322 g/mol. The summed E-state index contributed by atoms with van der Waals surface area (Å²) in [6, 6.07) is 6.03. The molecule has 23 heavy (non-hydrogen) atoms. The van der Waals surface area contributed by atoms with Gasteiger partial charge in [0.2, 0.25) is 0 Å². The minimum atomic E-state index is -0.877. The molecule has 0 saturated carbocycles. The quantitative estimate of drug-likeness (QED) is 0.382. The average Bonchev–Trinajstić information content (AvgIpc) is 2.53. The Morgan fingerprint density at radius 3 is 2.09 bits per heavy atom. The first-order valence-corrected chi connectivity index (χ1v) is 6.84. The lowest BCUT2D eigenvalue weighted by molar-refractivity contribution is -0.138. The number of halogens is 1. The summed E-state index contributed by atoms with van der Waals surface area (Å²) in [5.41, 5.74) is 5.65. The molecule has 0 aliphatic heterocycles. The smallest absolute Gasteiger partial charge is 0.338 e. The minimum absolute atomic E-state index is 0.0607. The fourth-order valence-corrected chi connectivity index (χ4v) is 1.91. The normalized spacial score (nSPS) is 12.3. The Bertz CT molecular complexity index is 685. The zero-order valence-corrected chi connectivity index (χ0v) is 13.6. The number of Topliss-reactive ketones (excluding diaryl/α,β-unsaturated/α-hetero) is 1. The zero-order valence-electron chi connectivity index (χ0n) is 12.9. The van der Waals surface area contributed by atoms with E-state index in [0.717, 1.165) is 20.3 Å². The number of carbonyl (C=O) groups excluding carboxylic acids is 3. The van der Waals surface area contributed by atoms with Gasteiger partial charge in [-0.3, -0.25) is 4.79 Å². The van der Waals surface area contributed by atoms with Crippen LogP contribution in [0.25, 0.3) is 0 Å². The molecule has 0 bridgehead atoms. The number of nitrogens with two attached hydrogens (primary N) is 1. The summed E-state index contributed by atoms with van der Waals surface area (Å²) in [4.78, 5) is 36.1. The third-order valence-corrected chi connectivity index (χ3v) is 3.12. The Hall–Kier alpha value is -2.60. The highest BCUT2D eigenvalue weighted by Crippen LogP contribution is 2.21. The van der Waals surface area contributed by atoms with Gasteiger partial charge in [-0.15, -0.1) is 0 Å². The van der Waals surface area contributed by atoms with Crippen molar-refractivity contribution in [2.24, 2.45) is 5.73 Å². The first-order valence-electron chi connectivity index (χ1n) is 6.46. The molecule has 0 saturated heterocycles. The highest BCUT2D eigenvalue weighted by atomic mass is 35.5. The number of carbonyl (C=O) groups is 3. The van der Waals surface area contributed by atoms with Crippen LogP contribution in [-0.4, -0.2) is 31.9 Å². The van der Waals surface area contributed by atoms with Gasteiger partial charge in [-0.25, -0.2) is 9.59 Å². The van der Waals surface area contributed by atoms with Gasteiger partial charge in [0.05, 0.1) is 25.4 Å². The second-order valence-electron chi connectivity index (χ2n) is 4.47. The molecule has 0 radical (unpaired) electrons. The molecule has 0 atom stereocenters. The van der Waals surface area contributed by atoms with Gasteiger partial charge >= 0.3 is 11.9 Å². The van der Waals surface area contributed by atoms with Gasteiger partial charge < -0.3 is 15.2 Å². The van der Waals surface area contributed by atoms with Gasteiger partial charge in [0, 0.05) is 22.4 Å². The molecular formula is C16H16ClNO5. The maximum atomic E-state index is 12.6. The van der Waals surface area contributed by atoms with E-state index in [2.05, 4.69) is 9.47 Å². The number of hydrogen-bond donors (Lipinski definition) is 1. The highest BCUT2D eigenvalue weighted by molar-refractivity contribution is 6.30. The van der Waals surface area contributed by atoms with E-state index in [0.29, 0.717) is 5.02 Å². The number of ketones is 1. The Kier molecular flexibility index (Phi) is 6.53. The van der Waals surface area contributed by atoms with Crippen LogP contribution in [0.2, 0.25) is 5.02 Å². The Labute approximate surface area is 138 Å². The summed E-state index contributed by atoms with van der Waals surface area (Å²) >= 11 is 5.79. The van der Waals surface area contributed by atoms with E-state index >= 15 is 0 Å². The van der Waals surface area contributed by atoms with Crippen molar-refractivity contribution >= 4 is 29.3 Å². The molecule has 0 fully saturated rings. The predicted octanol–water partition coefficient (Wildman–Crippen LogP) is 2.03. The molecule has 0 unspecified atom stereocenters. The molecule has 0 aromatic heterocycles. The molecule has 1 aromatic rings. The topological polar surface area (TPSA) is 95.7 Å². The fourth-order valence-electron chi connectivity index (χ4n) is 1.78. The van der Waals surface area contributed by atoms with E-state index in [-0.39, 0.29) is 22.4 Å². The van der Waals surface area contributed by atoms with Crippen molar-refractivity contribution in [1.82, 2.24) is 0 Å². The van der Waals surface area contributed by atoms with E-state index in [1.54, 1.807) is 0 Å². The molecule has 1 rings (SSSR count). The lowest BCUT2D eigenvalue weighted by atomic mass is 9.94. The van der Waals surface area contributed by atoms with Crippen LogP contribution in [0.4, 0.5) is 0 Å². The predicted molar refractivity (Wildman–Crippen MR) is 84.8 cm³/mol. The third kappa shape index (κ3) is 4.69. The van der Waals surface area contributed by atoms with Crippen LogP contribution in [0.5, 0.6) is 0 Å². The number of hydrogen-bond acceptors (Lipinski definition) is 6. The zero-order chi connectivity index (χ0) is 17.6. The van der Waals surface area contributed by atoms with Gasteiger partial charge in [0.15, 0.2) is 5.78 Å². The lowest BCUT2D eigenvalue weighted by Crippen LogP contribution is -2.19. The number of allylic oxidation sites excluding steroid dienone is 1. The standard InChI is InChI=1S/C16H16ClNO5/c1-9(18)14(12(16(21)23-3)8-13(19)22-2)15(20)10-4-6-11(17)7-5-10/h4-8H,18H2,1-3H3/b12-8+,14-9-. The van der Waals surface area contributed by atoms with Crippen molar-refractivity contribution in [3.63, 3.8) is 0 Å². The van der Waals surface area contributed by atoms with Gasteiger partial charge in [-0.1, -0.05) is 11.6 Å². The summed E-state index contributed by atoms with van der Waals surface area (Å²) in [7, 11) is 2.27. The summed E-state index contributed by atoms with van der Waals surface area (Å²) in [6.45, 7) is 1.44. The molecule has 122 valence electrons. The molecule has 0 spiro atoms. The monoisotopic (exact) mass is 337 g/mol. The first kappa shape index (κ1) is 18.4. The lowest BCUT2D eigenvalue weighted by Gasteiger charge is -2.11. The Balaban J connectivity index is 3.43. The molecule has 7 heteroatoms. The van der Waals surface area contributed by atoms with Gasteiger partial charge in [0.1, 0.15) is 0 Å². The van der Waals surface area contributed by atoms with Crippen molar-refractivity contribution in [2.45, 2.75) is 6.92 Å². The Morgan fingerprint density at radius 2 is 1.65 bits per heavy atom. The highest BCUT2D eigenvalue weighted by Gasteiger charge is 2.25. The summed E-state index contributed by atoms with van der Waals surface area (Å²) in [6.07, 6.45) is 0.866. The van der Waals surface area contributed by atoms with E-state index in [9.17, 15) is 14.4 Å². The molecule has 0 aliphatic carbocycles. The van der Waals surface area contributed by atoms with E-state index < -0.39 is 17.7 Å². The number of methoxy groups -OCH3 is 2. The van der Waals surface area contributed by atoms with Crippen molar-refractivity contribution in [1.29, 1.82) is 0 Å². The maximum absolute atomic E-state index is 12.6. The van der Waals surface area contributed by atoms with Crippen LogP contribution >= 0.6 is 11.6 Å². The molecule has 1 aromatic carbocycles. The number of rotatable bonds is 5. The SMILES string of the molecule is COC(=O)/C=C(C(=O)OC)\C(C(=O)c1ccc(Cl)cc1)=C(/C)N. The summed E-state index contributed by atoms with van der Waals surface area (Å²) < 4.78 is 9.11. The van der Waals surface area contributed by atoms with Crippen molar-refractivity contribution < 1.29 is 23.9 Å². The number of ether oxygens (including phenoxy) is 2. The largest absolute Gasteiger partial charge is 0.466 e. The fraction of sp³-hybridized carbons (Fsp3) is 0.188. The van der Waals surface area contributed by atoms with Crippen LogP contribution in [0.3, 0.4) is 0 Å². The first-order chi connectivity index (χ1) is 10.8. The molecule has 0 heterocycles. The van der Waals surface area contributed by atoms with Gasteiger partial charge in [0.25, 0.3) is 0 Å². The second kappa shape index (κ2) is 8.14. The van der Waals surface area contributed by atoms with Crippen molar-refractivity contribution in [2.75, 3.05) is 14.2 Å². The van der Waals surface area contributed by atoms with Gasteiger partial charge in [-0.2, -0.15) is 0 Å². The molecule has 0 amide bonds. The molecule has 0 aliphatic rings. The second-order valence-corrected chi connectivity index (χ2v) is 4.90. The third-order valence-electron chi connectivity index (χ3n) is 2.87. The number of benzene rings is 1. The summed E-state index contributed by atoms with van der Waals surface area (Å²) in [5.74, 6) is -2.23. The van der Waals surface area contributed by atoms with Crippen molar-refractivity contribution in [3.05, 3.63) is 57.8 Å². The summed E-state index contributed by atoms with van der Waals surface area (Å²) in [5, 5.41) is 0.454. The van der Waals surface area contributed by atoms with Crippen LogP contribution in [0, 0.1) is 0 Å². The van der Waals surface area contributed by atoms with Gasteiger partial charge in [-0.05, 0) is 31.2 Å². The maximum Gasteiger partial charge on any atom is 0.338 e. The molecule has 2 N–H and O–H groups in total. The Morgan fingerprint density at radius 1 is 1.09 bits per heavy atom. The van der Waals surface area contributed by atoms with Crippen LogP contribution in [0.15, 0.2) is 47.2 Å². The van der Waals surface area contributed by atoms with E-state index in [4.69, 9.17) is 17.3 Å². The molecule has 6 nitrogen and oxygen atoms in total. The average molecular weight is 338 g/mol. The number of esters is 2. The van der Waals surface area contributed by atoms with E-state index in [1.807, 2.05) is 0 Å².